The summed E-state index contributed by atoms with van der Waals surface area (Å²) in [6, 6.07) is 14.1. The molecule has 0 aliphatic carbocycles. The Balaban J connectivity index is 1.52. The maximum absolute atomic E-state index is 13.6. The van der Waals surface area contributed by atoms with Crippen molar-refractivity contribution in [2.75, 3.05) is 18.1 Å². The van der Waals surface area contributed by atoms with Gasteiger partial charge in [-0.3, -0.25) is 4.79 Å². The summed E-state index contributed by atoms with van der Waals surface area (Å²) < 4.78 is 7.68. The number of fused-ring (bicyclic) bond motifs is 2. The van der Waals surface area contributed by atoms with Gasteiger partial charge in [0.2, 0.25) is 0 Å². The summed E-state index contributed by atoms with van der Waals surface area (Å²) in [6.45, 7) is 6.25. The van der Waals surface area contributed by atoms with Gasteiger partial charge in [0, 0.05) is 24.4 Å². The van der Waals surface area contributed by atoms with Crippen molar-refractivity contribution < 1.29 is 4.74 Å². The molecule has 174 valence electrons. The zero-order valence-electron chi connectivity index (χ0n) is 19.5. The molecule has 0 bridgehead atoms. The number of nitrogens with one attached hydrogen (secondary N) is 1. The molecule has 2 aromatic heterocycles. The number of aromatic amines is 1. The van der Waals surface area contributed by atoms with Crippen molar-refractivity contribution >= 4 is 16.6 Å². The Morgan fingerprint density at radius 1 is 1.21 bits per heavy atom. The van der Waals surface area contributed by atoms with Crippen molar-refractivity contribution in [1.29, 1.82) is 0 Å². The number of aryl methyl sites for hydroxylation is 2. The first kappa shape index (κ1) is 21.0. The molecule has 8 heteroatoms. The van der Waals surface area contributed by atoms with Crippen LogP contribution >= 0.6 is 0 Å². The van der Waals surface area contributed by atoms with Gasteiger partial charge < -0.3 is 14.6 Å². The first-order valence-corrected chi connectivity index (χ1v) is 12.0. The minimum absolute atomic E-state index is 0.0919. The second-order valence-electron chi connectivity index (χ2n) is 9.35. The number of aromatic nitrogens is 5. The number of nitrogens with zero attached hydrogens (tertiary/aromatic N) is 5. The second kappa shape index (κ2) is 8.36. The van der Waals surface area contributed by atoms with E-state index in [0.717, 1.165) is 60.1 Å². The van der Waals surface area contributed by atoms with Crippen LogP contribution in [0.3, 0.4) is 0 Å². The van der Waals surface area contributed by atoms with Crippen molar-refractivity contribution in [3.05, 3.63) is 80.9 Å². The van der Waals surface area contributed by atoms with E-state index in [2.05, 4.69) is 62.7 Å². The van der Waals surface area contributed by atoms with Gasteiger partial charge in [-0.25, -0.2) is 4.68 Å². The van der Waals surface area contributed by atoms with Crippen molar-refractivity contribution in [3.8, 4) is 0 Å². The first-order chi connectivity index (χ1) is 16.6. The standard InChI is InChI=1S/C26H28N6O2/c1-16-9-10-19-14-21(26(33)27-23(19)17(16)2)24(31-12-11-18-6-3-4-8-22(18)31)25-28-29-30-32(25)15-20-7-5-13-34-20/h3-4,6,8-10,14,20,24H,5,7,11-13,15H2,1-2H3,(H,27,33). The van der Waals surface area contributed by atoms with E-state index < -0.39 is 6.04 Å². The summed E-state index contributed by atoms with van der Waals surface area (Å²) in [4.78, 5) is 19.0. The van der Waals surface area contributed by atoms with Crippen molar-refractivity contribution in [2.45, 2.75) is 51.8 Å². The van der Waals surface area contributed by atoms with Gasteiger partial charge in [0.05, 0.1) is 18.2 Å². The van der Waals surface area contributed by atoms with Crippen molar-refractivity contribution in [1.82, 2.24) is 25.2 Å². The molecule has 0 spiro atoms. The van der Waals surface area contributed by atoms with E-state index in [4.69, 9.17) is 4.74 Å². The highest BCUT2D eigenvalue weighted by molar-refractivity contribution is 5.83. The smallest absolute Gasteiger partial charge is 0.254 e. The number of hydrogen-bond donors (Lipinski definition) is 1. The lowest BCUT2D eigenvalue weighted by molar-refractivity contribution is 0.0924. The van der Waals surface area contributed by atoms with Crippen molar-refractivity contribution in [2.24, 2.45) is 0 Å². The molecule has 1 fully saturated rings. The zero-order valence-corrected chi connectivity index (χ0v) is 19.5. The fourth-order valence-electron chi connectivity index (χ4n) is 5.34. The monoisotopic (exact) mass is 456 g/mol. The Kier molecular flexibility index (Phi) is 5.17. The van der Waals surface area contributed by atoms with E-state index in [-0.39, 0.29) is 11.7 Å². The molecular weight excluding hydrogens is 428 g/mol. The highest BCUT2D eigenvalue weighted by Crippen LogP contribution is 2.37. The van der Waals surface area contributed by atoms with Crippen LogP contribution in [0.1, 0.15) is 47.0 Å². The lowest BCUT2D eigenvalue weighted by atomic mass is 10.00. The quantitative estimate of drug-likeness (QED) is 0.495. The Hall–Kier alpha value is -3.52. The van der Waals surface area contributed by atoms with Gasteiger partial charge in [-0.1, -0.05) is 30.3 Å². The van der Waals surface area contributed by atoms with Gasteiger partial charge in [0.1, 0.15) is 6.04 Å². The van der Waals surface area contributed by atoms with Crippen LogP contribution in [0.2, 0.25) is 0 Å². The molecule has 4 heterocycles. The molecule has 2 aromatic carbocycles. The minimum atomic E-state index is -0.408. The van der Waals surface area contributed by atoms with Crippen LogP contribution in [0, 0.1) is 13.8 Å². The largest absolute Gasteiger partial charge is 0.376 e. The van der Waals surface area contributed by atoms with Crippen LogP contribution in [-0.4, -0.2) is 44.4 Å². The number of ether oxygens (including phenoxy) is 1. The van der Waals surface area contributed by atoms with Gasteiger partial charge in [0.25, 0.3) is 5.56 Å². The molecule has 6 rings (SSSR count). The summed E-state index contributed by atoms with van der Waals surface area (Å²) in [5, 5.41) is 13.8. The summed E-state index contributed by atoms with van der Waals surface area (Å²) in [5.74, 6) is 0.667. The van der Waals surface area contributed by atoms with Crippen LogP contribution in [0.5, 0.6) is 0 Å². The topological polar surface area (TPSA) is 88.9 Å². The van der Waals surface area contributed by atoms with E-state index in [0.29, 0.717) is 17.9 Å². The van der Waals surface area contributed by atoms with E-state index in [9.17, 15) is 4.79 Å². The number of rotatable bonds is 5. The van der Waals surface area contributed by atoms with Crippen LogP contribution in [-0.2, 0) is 17.7 Å². The first-order valence-electron chi connectivity index (χ1n) is 12.0. The minimum Gasteiger partial charge on any atom is -0.376 e. The van der Waals surface area contributed by atoms with Gasteiger partial charge in [-0.15, -0.1) is 5.10 Å². The lowest BCUT2D eigenvalue weighted by Crippen LogP contribution is -2.35. The van der Waals surface area contributed by atoms with Crippen LogP contribution in [0.15, 0.2) is 47.3 Å². The molecule has 2 unspecified atom stereocenters. The van der Waals surface area contributed by atoms with Crippen molar-refractivity contribution in [3.63, 3.8) is 0 Å². The molecule has 1 saturated heterocycles. The molecule has 2 aliphatic heterocycles. The predicted molar refractivity (Wildman–Crippen MR) is 130 cm³/mol. The predicted octanol–water partition coefficient (Wildman–Crippen LogP) is 3.46. The summed E-state index contributed by atoms with van der Waals surface area (Å²) in [5.41, 5.74) is 6.06. The Morgan fingerprint density at radius 3 is 2.94 bits per heavy atom. The number of pyridine rings is 1. The van der Waals surface area contributed by atoms with Gasteiger partial charge in [-0.2, -0.15) is 0 Å². The van der Waals surface area contributed by atoms with E-state index in [1.54, 1.807) is 0 Å². The maximum atomic E-state index is 13.6. The third-order valence-corrected chi connectivity index (χ3v) is 7.31. The molecular formula is C26H28N6O2. The lowest BCUT2D eigenvalue weighted by Gasteiger charge is -2.30. The third kappa shape index (κ3) is 3.49. The molecule has 1 N–H and O–H groups in total. The number of H-pyrrole nitrogens is 1. The Morgan fingerprint density at radius 2 is 2.09 bits per heavy atom. The van der Waals surface area contributed by atoms with E-state index in [1.807, 2.05) is 23.7 Å². The SMILES string of the molecule is Cc1ccc2cc(C(c3nnnn3CC3CCCO3)N3CCc4ccccc43)c(=O)[nH]c2c1C. The fourth-order valence-corrected chi connectivity index (χ4v) is 5.34. The summed E-state index contributed by atoms with van der Waals surface area (Å²) >= 11 is 0. The molecule has 8 nitrogen and oxygen atoms in total. The average molecular weight is 457 g/mol. The van der Waals surface area contributed by atoms with Crippen LogP contribution in [0.25, 0.3) is 10.9 Å². The average Bonchev–Trinajstić information content (AvgIpc) is 3.61. The highest BCUT2D eigenvalue weighted by Gasteiger charge is 2.35. The number of anilines is 1. The Labute approximate surface area is 197 Å². The molecule has 0 radical (unpaired) electrons. The third-order valence-electron chi connectivity index (χ3n) is 7.31. The summed E-state index contributed by atoms with van der Waals surface area (Å²) in [6.07, 6.45) is 3.05. The van der Waals surface area contributed by atoms with Crippen LogP contribution < -0.4 is 10.5 Å². The molecule has 0 saturated carbocycles. The number of hydrogen-bond acceptors (Lipinski definition) is 6. The van der Waals surface area contributed by atoms with Gasteiger partial charge in [-0.05, 0) is 77.7 Å². The zero-order chi connectivity index (χ0) is 23.2. The van der Waals surface area contributed by atoms with E-state index in [1.165, 1.54) is 5.56 Å². The maximum Gasteiger partial charge on any atom is 0.254 e. The molecule has 2 atom stereocenters. The fraction of sp³-hybridized carbons (Fsp3) is 0.385. The van der Waals surface area contributed by atoms with Gasteiger partial charge >= 0.3 is 0 Å². The molecule has 0 amide bonds. The molecule has 34 heavy (non-hydrogen) atoms. The molecule has 2 aliphatic rings. The highest BCUT2D eigenvalue weighted by atomic mass is 16.5. The molecule has 4 aromatic rings. The normalized spacial score (nSPS) is 18.5. The Bertz CT molecular complexity index is 1420. The summed E-state index contributed by atoms with van der Waals surface area (Å²) in [7, 11) is 0. The number of para-hydroxylation sites is 1. The second-order valence-corrected chi connectivity index (χ2v) is 9.35. The van der Waals surface area contributed by atoms with Gasteiger partial charge in [0.15, 0.2) is 5.82 Å². The number of tetrazole rings is 1. The number of benzene rings is 2. The van der Waals surface area contributed by atoms with Crippen LogP contribution in [0.4, 0.5) is 5.69 Å². The van der Waals surface area contributed by atoms with E-state index >= 15 is 0 Å².